The maximum atomic E-state index is 12.5. The fourth-order valence-electron chi connectivity index (χ4n) is 4.15. The molecular formula is C26H25N3O3S. The lowest BCUT2D eigenvalue weighted by atomic mass is 10.2. The molecule has 3 heterocycles. The summed E-state index contributed by atoms with van der Waals surface area (Å²) in [6.45, 7) is 7.28. The van der Waals surface area contributed by atoms with Gasteiger partial charge in [-0.15, -0.1) is 11.3 Å². The van der Waals surface area contributed by atoms with Crippen LogP contribution in [0.25, 0.3) is 16.9 Å². The van der Waals surface area contributed by atoms with E-state index in [0.717, 1.165) is 56.1 Å². The summed E-state index contributed by atoms with van der Waals surface area (Å²) in [5.41, 5.74) is 7.03. The van der Waals surface area contributed by atoms with Crippen LogP contribution in [0.1, 0.15) is 22.0 Å². The Morgan fingerprint density at radius 3 is 2.67 bits per heavy atom. The quantitative estimate of drug-likeness (QED) is 0.429. The van der Waals surface area contributed by atoms with E-state index in [1.54, 1.807) is 0 Å². The molecule has 1 aliphatic heterocycles. The summed E-state index contributed by atoms with van der Waals surface area (Å²) >= 11 is 1.51. The lowest BCUT2D eigenvalue weighted by Gasteiger charge is -2.20. The van der Waals surface area contributed by atoms with Crippen LogP contribution < -0.4 is 14.8 Å². The maximum Gasteiger partial charge on any atom is 0.231 e. The Balaban J connectivity index is 1.37. The molecule has 0 fully saturated rings. The molecule has 168 valence electrons. The van der Waals surface area contributed by atoms with E-state index in [0.29, 0.717) is 13.2 Å². The Kier molecular flexibility index (Phi) is 5.64. The maximum absolute atomic E-state index is 12.5. The number of fused-ring (bicyclic) bond motifs is 1. The Bertz CT molecular complexity index is 1340. The highest BCUT2D eigenvalue weighted by Gasteiger charge is 2.18. The van der Waals surface area contributed by atoms with E-state index in [4.69, 9.17) is 14.5 Å². The second-order valence-electron chi connectivity index (χ2n) is 8.11. The molecule has 1 aliphatic rings. The van der Waals surface area contributed by atoms with Gasteiger partial charge in [0.05, 0.1) is 12.1 Å². The normalized spacial score (nSPS) is 12.6. The second kappa shape index (κ2) is 8.75. The van der Waals surface area contributed by atoms with Crippen molar-refractivity contribution in [1.29, 1.82) is 0 Å². The zero-order valence-electron chi connectivity index (χ0n) is 18.8. The number of carbonyl (C=O) groups excluding carboxylic acids is 1. The highest BCUT2D eigenvalue weighted by molar-refractivity contribution is 7.10. The van der Waals surface area contributed by atoms with Crippen LogP contribution in [0.2, 0.25) is 0 Å². The van der Waals surface area contributed by atoms with Crippen molar-refractivity contribution < 1.29 is 14.3 Å². The largest absolute Gasteiger partial charge is 0.486 e. The van der Waals surface area contributed by atoms with Gasteiger partial charge in [-0.25, -0.2) is 4.98 Å². The fraction of sp³-hybridized carbons (Fsp3) is 0.231. The van der Waals surface area contributed by atoms with Crippen molar-refractivity contribution in [3.8, 4) is 28.4 Å². The van der Waals surface area contributed by atoms with E-state index in [-0.39, 0.29) is 12.3 Å². The summed E-state index contributed by atoms with van der Waals surface area (Å²) < 4.78 is 13.6. The Morgan fingerprint density at radius 1 is 1.06 bits per heavy atom. The minimum absolute atomic E-state index is 0.0630. The minimum Gasteiger partial charge on any atom is -0.486 e. The van der Waals surface area contributed by atoms with Crippen molar-refractivity contribution in [2.75, 3.05) is 18.5 Å². The summed E-state index contributed by atoms with van der Waals surface area (Å²) in [4.78, 5) is 17.3. The molecule has 7 heteroatoms. The van der Waals surface area contributed by atoms with Crippen molar-refractivity contribution in [3.05, 3.63) is 75.9 Å². The van der Waals surface area contributed by atoms with Crippen LogP contribution in [0.15, 0.2) is 53.9 Å². The molecule has 0 saturated carbocycles. The number of aryl methyl sites for hydroxylation is 2. The molecule has 33 heavy (non-hydrogen) atoms. The smallest absolute Gasteiger partial charge is 0.231 e. The number of para-hydroxylation sites is 1. The van der Waals surface area contributed by atoms with Crippen LogP contribution in [0, 0.1) is 20.8 Å². The molecule has 0 bridgehead atoms. The number of hydrogen-bond acceptors (Lipinski definition) is 5. The number of amides is 1. The number of nitrogens with zero attached hydrogens (tertiary/aromatic N) is 2. The predicted octanol–water partition coefficient (Wildman–Crippen LogP) is 5.48. The van der Waals surface area contributed by atoms with E-state index in [1.165, 1.54) is 11.3 Å². The first-order valence-electron chi connectivity index (χ1n) is 10.9. The highest BCUT2D eigenvalue weighted by atomic mass is 32.1. The molecule has 0 aliphatic carbocycles. The molecule has 0 saturated heterocycles. The van der Waals surface area contributed by atoms with Gasteiger partial charge in [0.2, 0.25) is 5.91 Å². The van der Waals surface area contributed by atoms with Crippen LogP contribution in [-0.2, 0) is 11.2 Å². The standard InChI is InChI=1S/C26H25N3O3S/c1-16-6-4-5-7-21(16)27-25(30)14-26-28-22(15-33-26)20-12-17(2)29(18(20)3)19-8-9-23-24(13-19)32-11-10-31-23/h4-9,12-13,15H,10-11,14H2,1-3H3,(H,27,30). The van der Waals surface area contributed by atoms with Crippen LogP contribution in [0.3, 0.4) is 0 Å². The summed E-state index contributed by atoms with van der Waals surface area (Å²) in [6, 6.07) is 15.9. The van der Waals surface area contributed by atoms with E-state index < -0.39 is 0 Å². The Labute approximate surface area is 196 Å². The number of nitrogens with one attached hydrogen (secondary N) is 1. The van der Waals surface area contributed by atoms with Crippen LogP contribution >= 0.6 is 11.3 Å². The van der Waals surface area contributed by atoms with Gasteiger partial charge < -0.3 is 19.4 Å². The van der Waals surface area contributed by atoms with Crippen molar-refractivity contribution in [1.82, 2.24) is 9.55 Å². The number of carbonyl (C=O) groups is 1. The van der Waals surface area contributed by atoms with Gasteiger partial charge in [-0.1, -0.05) is 18.2 Å². The average molecular weight is 460 g/mol. The number of benzene rings is 2. The average Bonchev–Trinajstić information content (AvgIpc) is 3.38. The van der Waals surface area contributed by atoms with Gasteiger partial charge in [0.1, 0.15) is 18.2 Å². The van der Waals surface area contributed by atoms with Gasteiger partial charge >= 0.3 is 0 Å². The molecule has 2 aromatic heterocycles. The SMILES string of the molecule is Cc1ccccc1NC(=O)Cc1nc(-c2cc(C)n(-c3ccc4c(c3)OCCO4)c2C)cs1. The fourth-order valence-corrected chi connectivity index (χ4v) is 4.94. The molecule has 1 amide bonds. The summed E-state index contributed by atoms with van der Waals surface area (Å²) in [5.74, 6) is 1.48. The second-order valence-corrected chi connectivity index (χ2v) is 9.06. The molecule has 0 spiro atoms. The first kappa shape index (κ1) is 21.3. The molecule has 5 rings (SSSR count). The lowest BCUT2D eigenvalue weighted by Crippen LogP contribution is -2.15. The summed E-state index contributed by atoms with van der Waals surface area (Å²) in [5, 5.41) is 5.79. The van der Waals surface area contributed by atoms with Crippen molar-refractivity contribution >= 4 is 22.9 Å². The molecule has 0 radical (unpaired) electrons. The Hall–Kier alpha value is -3.58. The van der Waals surface area contributed by atoms with Crippen molar-refractivity contribution in [2.45, 2.75) is 27.2 Å². The zero-order chi connectivity index (χ0) is 22.9. The number of hydrogen-bond donors (Lipinski definition) is 1. The number of ether oxygens (including phenoxy) is 2. The molecule has 0 atom stereocenters. The predicted molar refractivity (Wildman–Crippen MR) is 131 cm³/mol. The Morgan fingerprint density at radius 2 is 1.85 bits per heavy atom. The summed E-state index contributed by atoms with van der Waals surface area (Å²) in [6.07, 6.45) is 0.250. The van der Waals surface area contributed by atoms with Gasteiger partial charge in [-0.05, 0) is 50.6 Å². The van der Waals surface area contributed by atoms with Gasteiger partial charge in [0, 0.05) is 39.8 Å². The third-order valence-corrected chi connectivity index (χ3v) is 6.62. The van der Waals surface area contributed by atoms with E-state index in [9.17, 15) is 4.79 Å². The highest BCUT2D eigenvalue weighted by Crippen LogP contribution is 2.35. The number of thiazole rings is 1. The third kappa shape index (κ3) is 4.24. The van der Waals surface area contributed by atoms with Crippen molar-refractivity contribution in [3.63, 3.8) is 0 Å². The van der Waals surface area contributed by atoms with Gasteiger partial charge in [-0.3, -0.25) is 4.79 Å². The molecule has 0 unspecified atom stereocenters. The molecular weight excluding hydrogens is 434 g/mol. The monoisotopic (exact) mass is 459 g/mol. The van der Waals surface area contributed by atoms with Gasteiger partial charge in [-0.2, -0.15) is 0 Å². The molecule has 6 nitrogen and oxygen atoms in total. The number of aromatic nitrogens is 2. The third-order valence-electron chi connectivity index (χ3n) is 5.77. The minimum atomic E-state index is -0.0630. The summed E-state index contributed by atoms with van der Waals surface area (Å²) in [7, 11) is 0. The van der Waals surface area contributed by atoms with Crippen LogP contribution in [0.5, 0.6) is 11.5 Å². The van der Waals surface area contributed by atoms with Crippen LogP contribution in [-0.4, -0.2) is 28.7 Å². The van der Waals surface area contributed by atoms with E-state index in [2.05, 4.69) is 29.8 Å². The lowest BCUT2D eigenvalue weighted by molar-refractivity contribution is -0.115. The first-order chi connectivity index (χ1) is 16.0. The van der Waals surface area contributed by atoms with Crippen molar-refractivity contribution in [2.24, 2.45) is 0 Å². The van der Waals surface area contributed by atoms with E-state index in [1.807, 2.05) is 54.8 Å². The number of anilines is 1. The molecule has 4 aromatic rings. The molecule has 1 N–H and O–H groups in total. The number of rotatable bonds is 5. The van der Waals surface area contributed by atoms with Gasteiger partial charge in [0.25, 0.3) is 0 Å². The van der Waals surface area contributed by atoms with E-state index >= 15 is 0 Å². The van der Waals surface area contributed by atoms with Gasteiger partial charge in [0.15, 0.2) is 11.5 Å². The topological polar surface area (TPSA) is 65.4 Å². The molecule has 2 aromatic carbocycles. The zero-order valence-corrected chi connectivity index (χ0v) is 19.7. The van der Waals surface area contributed by atoms with Crippen LogP contribution in [0.4, 0.5) is 5.69 Å². The first-order valence-corrected chi connectivity index (χ1v) is 11.8.